The van der Waals surface area contributed by atoms with Crippen molar-refractivity contribution in [3.63, 3.8) is 0 Å². The molecule has 0 saturated heterocycles. The highest BCUT2D eigenvalue weighted by Gasteiger charge is 2.22. The number of carbonyl (C=O) groups excluding carboxylic acids is 1. The normalized spacial score (nSPS) is 12.7. The van der Waals surface area contributed by atoms with Crippen molar-refractivity contribution in [2.45, 2.75) is 73.3 Å². The minimum atomic E-state index is -0.183. The van der Waals surface area contributed by atoms with E-state index in [0.29, 0.717) is 29.4 Å². The Morgan fingerprint density at radius 2 is 1.52 bits per heavy atom. The van der Waals surface area contributed by atoms with Crippen LogP contribution in [0.4, 0.5) is 0 Å². The van der Waals surface area contributed by atoms with Gasteiger partial charge in [-0.1, -0.05) is 90.1 Å². The molecule has 1 aliphatic carbocycles. The molecule has 3 rings (SSSR count). The molecule has 40 heavy (non-hydrogen) atoms. The first-order valence-electron chi connectivity index (χ1n) is 14.9. The Morgan fingerprint density at radius 1 is 0.925 bits per heavy atom. The first-order chi connectivity index (χ1) is 19.6. The van der Waals surface area contributed by atoms with Crippen LogP contribution in [0.25, 0.3) is 0 Å². The van der Waals surface area contributed by atoms with Crippen LogP contribution in [-0.2, 0) is 0 Å². The maximum Gasteiger partial charge on any atom is 0.252 e. The molecule has 222 valence electrons. The lowest BCUT2D eigenvalue weighted by atomic mass is 10.0. The minimum Gasteiger partial charge on any atom is -0.493 e. The Labute approximate surface area is 243 Å². The van der Waals surface area contributed by atoms with Gasteiger partial charge in [0.05, 0.1) is 20.3 Å². The van der Waals surface area contributed by atoms with Crippen molar-refractivity contribution in [3.05, 3.63) is 77.4 Å². The van der Waals surface area contributed by atoms with Gasteiger partial charge in [-0.3, -0.25) is 4.79 Å². The number of ether oxygens (including phenoxy) is 3. The van der Waals surface area contributed by atoms with E-state index in [2.05, 4.69) is 54.4 Å². The van der Waals surface area contributed by atoms with Gasteiger partial charge in [0.15, 0.2) is 11.5 Å². The second-order valence-electron chi connectivity index (χ2n) is 8.99. The van der Waals surface area contributed by atoms with Crippen molar-refractivity contribution < 1.29 is 19.0 Å². The highest BCUT2D eigenvalue weighted by atomic mass is 16.5. The van der Waals surface area contributed by atoms with Gasteiger partial charge in [-0.25, -0.2) is 0 Å². The fraction of sp³-hybridized carbons (Fsp3) is 0.500. The molecule has 0 spiro atoms. The maximum absolute atomic E-state index is 13.5. The molecule has 0 aliphatic heterocycles. The molecule has 6 nitrogen and oxygen atoms in total. The molecule has 6 heteroatoms. The predicted octanol–water partition coefficient (Wildman–Crippen LogP) is 8.00. The Morgan fingerprint density at radius 3 is 2.02 bits per heavy atom. The quantitative estimate of drug-likeness (QED) is 0.257. The average molecular weight is 553 g/mol. The van der Waals surface area contributed by atoms with Crippen LogP contribution in [0.2, 0.25) is 0 Å². The molecule has 0 fully saturated rings. The van der Waals surface area contributed by atoms with E-state index in [1.54, 1.807) is 26.4 Å². The molecule has 2 aromatic carbocycles. The lowest BCUT2D eigenvalue weighted by Gasteiger charge is -2.28. The Kier molecular flexibility index (Phi) is 17.9. The van der Waals surface area contributed by atoms with Crippen LogP contribution in [0, 0.1) is 0 Å². The van der Waals surface area contributed by atoms with Gasteiger partial charge in [0.2, 0.25) is 5.75 Å². The van der Waals surface area contributed by atoms with Crippen LogP contribution in [-0.4, -0.2) is 51.3 Å². The Balaban J connectivity index is 0.00000191. The van der Waals surface area contributed by atoms with E-state index in [-0.39, 0.29) is 11.9 Å². The highest BCUT2D eigenvalue weighted by molar-refractivity contribution is 5.96. The molecule has 1 N–H and O–H groups in total. The van der Waals surface area contributed by atoms with Crippen LogP contribution < -0.4 is 19.5 Å². The van der Waals surface area contributed by atoms with Gasteiger partial charge >= 0.3 is 0 Å². The molecule has 0 bridgehead atoms. The van der Waals surface area contributed by atoms with Crippen molar-refractivity contribution in [2.75, 3.05) is 40.5 Å². The summed E-state index contributed by atoms with van der Waals surface area (Å²) in [7, 11) is 3.15. The monoisotopic (exact) mass is 552 g/mol. The fourth-order valence-electron chi connectivity index (χ4n) is 4.43. The van der Waals surface area contributed by atoms with Gasteiger partial charge < -0.3 is 24.4 Å². The van der Waals surface area contributed by atoms with Gasteiger partial charge in [-0.2, -0.15) is 0 Å². The van der Waals surface area contributed by atoms with Crippen molar-refractivity contribution >= 4 is 5.91 Å². The molecule has 1 aliphatic rings. The molecule has 0 heterocycles. The lowest BCUT2D eigenvalue weighted by Crippen LogP contribution is -2.38. The van der Waals surface area contributed by atoms with Crippen molar-refractivity contribution in [1.82, 2.24) is 10.2 Å². The summed E-state index contributed by atoms with van der Waals surface area (Å²) >= 11 is 0. The third kappa shape index (κ3) is 11.1. The summed E-state index contributed by atoms with van der Waals surface area (Å²) in [5.74, 6) is 1.25. The van der Waals surface area contributed by atoms with E-state index in [4.69, 9.17) is 14.2 Å². The van der Waals surface area contributed by atoms with Crippen LogP contribution in [0.5, 0.6) is 17.2 Å². The molecule has 1 amide bonds. The zero-order chi connectivity index (χ0) is 29.8. The van der Waals surface area contributed by atoms with E-state index in [9.17, 15) is 4.79 Å². The van der Waals surface area contributed by atoms with E-state index in [0.717, 1.165) is 56.5 Å². The fourth-order valence-corrected chi connectivity index (χ4v) is 4.43. The smallest absolute Gasteiger partial charge is 0.252 e. The van der Waals surface area contributed by atoms with Crippen molar-refractivity contribution in [3.8, 4) is 17.2 Å². The number of nitrogens with one attached hydrogen (secondary N) is 1. The summed E-state index contributed by atoms with van der Waals surface area (Å²) < 4.78 is 17.3. The average Bonchev–Trinajstić information content (AvgIpc) is 3.02. The summed E-state index contributed by atoms with van der Waals surface area (Å²) in [5.41, 5.74) is 2.66. The number of benzene rings is 2. The summed E-state index contributed by atoms with van der Waals surface area (Å²) in [6.45, 7) is 15.5. The number of amides is 1. The first-order valence-corrected chi connectivity index (χ1v) is 14.9. The Bertz CT molecular complexity index is 1000. The molecule has 2 aromatic rings. The lowest BCUT2D eigenvalue weighted by molar-refractivity contribution is 0.0923. The third-order valence-electron chi connectivity index (χ3n) is 6.21. The number of hydrogen-bond acceptors (Lipinski definition) is 5. The zero-order valence-corrected chi connectivity index (χ0v) is 26.1. The number of allylic oxidation sites excluding steroid dienone is 2. The van der Waals surface area contributed by atoms with E-state index >= 15 is 0 Å². The molecule has 0 radical (unpaired) electrons. The Hall–Kier alpha value is -3.25. The predicted molar refractivity (Wildman–Crippen MR) is 168 cm³/mol. The largest absolute Gasteiger partial charge is 0.493 e. The minimum absolute atomic E-state index is 0.144. The molecule has 1 unspecified atom stereocenters. The summed E-state index contributed by atoms with van der Waals surface area (Å²) in [5, 5.41) is 3.25. The number of hydrogen-bond donors (Lipinski definition) is 1. The van der Waals surface area contributed by atoms with E-state index in [1.807, 2.05) is 45.9 Å². The number of rotatable bonds is 14. The van der Waals surface area contributed by atoms with Gasteiger partial charge in [-0.05, 0) is 62.0 Å². The second kappa shape index (κ2) is 20.6. The van der Waals surface area contributed by atoms with E-state index < -0.39 is 0 Å². The number of nitrogens with zero attached hydrogens (tertiary/aromatic N) is 1. The molecule has 0 aromatic heterocycles. The van der Waals surface area contributed by atoms with Crippen LogP contribution in [0.3, 0.4) is 0 Å². The summed E-state index contributed by atoms with van der Waals surface area (Å²) in [6.07, 6.45) is 10.6. The second-order valence-corrected chi connectivity index (χ2v) is 8.99. The number of carbonyl (C=O) groups is 1. The van der Waals surface area contributed by atoms with Crippen LogP contribution in [0.1, 0.15) is 89.2 Å². The van der Waals surface area contributed by atoms with Gasteiger partial charge in [0.25, 0.3) is 5.91 Å². The highest BCUT2D eigenvalue weighted by Crippen LogP contribution is 2.39. The van der Waals surface area contributed by atoms with Crippen molar-refractivity contribution in [2.24, 2.45) is 0 Å². The van der Waals surface area contributed by atoms with Crippen LogP contribution in [0.15, 0.2) is 66.3 Å². The molecular formula is C34H52N2O4. The molecule has 0 saturated carbocycles. The maximum atomic E-state index is 13.5. The van der Waals surface area contributed by atoms with Crippen molar-refractivity contribution in [1.29, 1.82) is 0 Å². The molecular weight excluding hydrogens is 500 g/mol. The van der Waals surface area contributed by atoms with Gasteiger partial charge in [0, 0.05) is 12.1 Å². The van der Waals surface area contributed by atoms with Crippen LogP contribution >= 0.6 is 0 Å². The standard InChI is InChI=1S/C30H40N2O4.2C2H6/c1-5-17-32(18-6-2)21-26(24-15-11-8-12-16-24)31-30(33)25-19-27(34-3)29(28(20-25)35-4)36-22-23-13-9-7-10-14-23;2*1-2/h8-9,11-16,19-20,26H,5-7,10,17-18,21-22H2,1-4H3,(H,31,33);2*1-2H3. The summed E-state index contributed by atoms with van der Waals surface area (Å²) in [6, 6.07) is 13.4. The topological polar surface area (TPSA) is 60.0 Å². The van der Waals surface area contributed by atoms with Gasteiger partial charge in [-0.15, -0.1) is 0 Å². The van der Waals surface area contributed by atoms with E-state index in [1.165, 1.54) is 0 Å². The molecule has 1 atom stereocenters. The third-order valence-corrected chi connectivity index (χ3v) is 6.21. The van der Waals surface area contributed by atoms with Gasteiger partial charge in [0.1, 0.15) is 6.61 Å². The first kappa shape index (κ1) is 34.8. The number of methoxy groups -OCH3 is 2. The SMILES string of the molecule is CC.CC.CCCN(CCC)CC(NC(=O)c1cc(OC)c(OCC2=CCCC=C2)c(OC)c1)c1ccccc1. The zero-order valence-electron chi connectivity index (χ0n) is 26.1. The summed E-state index contributed by atoms with van der Waals surface area (Å²) in [4.78, 5) is 15.9.